The number of ether oxygens (including phenoxy) is 2. The Labute approximate surface area is 136 Å². The lowest BCUT2D eigenvalue weighted by atomic mass is 10.2. The smallest absolute Gasteiger partial charge is 0.425 e. The van der Waals surface area contributed by atoms with Crippen LogP contribution in [0.1, 0.15) is 47.2 Å². The highest BCUT2D eigenvalue weighted by Crippen LogP contribution is 2.19. The molecule has 0 N–H and O–H groups in total. The SMILES string of the molecule is C=Cc1ccc(N(C(=O)OC(C)(C)C)C(=O)OC(C)(C)C)nn1. The van der Waals surface area contributed by atoms with Crippen molar-refractivity contribution >= 4 is 24.1 Å². The van der Waals surface area contributed by atoms with Gasteiger partial charge >= 0.3 is 12.2 Å². The number of hydrogen-bond donors (Lipinski definition) is 0. The van der Waals surface area contributed by atoms with Crippen LogP contribution in [-0.2, 0) is 9.47 Å². The molecule has 0 aliphatic carbocycles. The van der Waals surface area contributed by atoms with Crippen molar-refractivity contribution < 1.29 is 19.1 Å². The highest BCUT2D eigenvalue weighted by molar-refractivity contribution is 6.08. The molecule has 1 heterocycles. The van der Waals surface area contributed by atoms with E-state index in [2.05, 4.69) is 16.8 Å². The van der Waals surface area contributed by atoms with Gasteiger partial charge in [0.2, 0.25) is 0 Å². The van der Waals surface area contributed by atoms with E-state index >= 15 is 0 Å². The molecule has 23 heavy (non-hydrogen) atoms. The topological polar surface area (TPSA) is 81.6 Å². The molecule has 0 radical (unpaired) electrons. The minimum absolute atomic E-state index is 0.0131. The third kappa shape index (κ3) is 6.06. The highest BCUT2D eigenvalue weighted by atomic mass is 16.6. The zero-order valence-corrected chi connectivity index (χ0v) is 14.4. The maximum absolute atomic E-state index is 12.4. The first-order chi connectivity index (χ1) is 10.4. The van der Waals surface area contributed by atoms with Crippen molar-refractivity contribution in [2.75, 3.05) is 4.90 Å². The zero-order chi connectivity index (χ0) is 17.8. The quantitative estimate of drug-likeness (QED) is 0.824. The van der Waals surface area contributed by atoms with Gasteiger partial charge in [-0.05, 0) is 59.8 Å². The second kappa shape index (κ2) is 6.76. The predicted octanol–water partition coefficient (Wildman–Crippen LogP) is 3.80. The van der Waals surface area contributed by atoms with Crippen LogP contribution < -0.4 is 4.90 Å². The summed E-state index contributed by atoms with van der Waals surface area (Å²) < 4.78 is 10.5. The summed E-state index contributed by atoms with van der Waals surface area (Å²) in [6, 6.07) is 3.05. The largest absolute Gasteiger partial charge is 0.443 e. The molecule has 7 heteroatoms. The van der Waals surface area contributed by atoms with E-state index in [1.54, 1.807) is 47.6 Å². The lowest BCUT2D eigenvalue weighted by Gasteiger charge is -2.27. The number of carbonyl (C=O) groups excluding carboxylic acids is 2. The van der Waals surface area contributed by atoms with Gasteiger partial charge in [0, 0.05) is 0 Å². The molecule has 0 unspecified atom stereocenters. The number of carbonyl (C=O) groups is 2. The van der Waals surface area contributed by atoms with Gasteiger partial charge in [-0.1, -0.05) is 6.58 Å². The number of rotatable bonds is 2. The Morgan fingerprint density at radius 2 is 1.48 bits per heavy atom. The number of imide groups is 1. The third-order valence-electron chi connectivity index (χ3n) is 2.26. The van der Waals surface area contributed by atoms with E-state index in [0.717, 1.165) is 4.90 Å². The molecule has 0 spiro atoms. The van der Waals surface area contributed by atoms with E-state index in [-0.39, 0.29) is 5.82 Å². The Balaban J connectivity index is 3.16. The van der Waals surface area contributed by atoms with E-state index in [4.69, 9.17) is 9.47 Å². The van der Waals surface area contributed by atoms with Crippen LogP contribution in [0.15, 0.2) is 18.7 Å². The fraction of sp³-hybridized carbons (Fsp3) is 0.500. The monoisotopic (exact) mass is 321 g/mol. The molecule has 0 saturated carbocycles. The first kappa shape index (κ1) is 18.6. The molecule has 126 valence electrons. The number of anilines is 1. The maximum Gasteiger partial charge on any atom is 0.425 e. The normalized spacial score (nSPS) is 11.6. The first-order valence-corrected chi connectivity index (χ1v) is 7.15. The summed E-state index contributed by atoms with van der Waals surface area (Å²) in [5.41, 5.74) is -1.03. The van der Waals surface area contributed by atoms with E-state index in [0.29, 0.717) is 5.69 Å². The van der Waals surface area contributed by atoms with E-state index in [1.807, 2.05) is 0 Å². The van der Waals surface area contributed by atoms with Crippen LogP contribution in [0.5, 0.6) is 0 Å². The predicted molar refractivity (Wildman–Crippen MR) is 87.1 cm³/mol. The van der Waals surface area contributed by atoms with E-state index < -0.39 is 23.4 Å². The molecule has 1 rings (SSSR count). The van der Waals surface area contributed by atoms with Gasteiger partial charge in [0.15, 0.2) is 5.82 Å². The molecule has 0 aromatic carbocycles. The van der Waals surface area contributed by atoms with Crippen LogP contribution in [0.4, 0.5) is 15.4 Å². The number of aromatic nitrogens is 2. The summed E-state index contributed by atoms with van der Waals surface area (Å²) in [4.78, 5) is 25.4. The standard InChI is InChI=1S/C16H23N3O4/c1-8-11-9-10-12(18-17-11)19(13(20)22-15(2,3)4)14(21)23-16(5,6)7/h8-10H,1H2,2-7H3. The molecule has 0 fully saturated rings. The summed E-state index contributed by atoms with van der Waals surface area (Å²) >= 11 is 0. The fourth-order valence-electron chi connectivity index (χ4n) is 1.44. The lowest BCUT2D eigenvalue weighted by Crippen LogP contribution is -2.44. The second-order valence-electron chi connectivity index (χ2n) is 6.82. The van der Waals surface area contributed by atoms with Gasteiger partial charge in [-0.3, -0.25) is 0 Å². The van der Waals surface area contributed by atoms with Crippen LogP contribution in [-0.4, -0.2) is 33.6 Å². The maximum atomic E-state index is 12.4. The van der Waals surface area contributed by atoms with E-state index in [9.17, 15) is 9.59 Å². The fourth-order valence-corrected chi connectivity index (χ4v) is 1.44. The average Bonchev–Trinajstić information content (AvgIpc) is 2.35. The molecule has 0 aliphatic rings. The molecule has 0 saturated heterocycles. The van der Waals surface area contributed by atoms with Gasteiger partial charge in [-0.25, -0.2) is 9.59 Å². The van der Waals surface area contributed by atoms with Crippen LogP contribution >= 0.6 is 0 Å². The molecule has 0 atom stereocenters. The Morgan fingerprint density at radius 1 is 1.00 bits per heavy atom. The summed E-state index contributed by atoms with van der Waals surface area (Å²) in [5, 5.41) is 7.71. The van der Waals surface area contributed by atoms with Crippen molar-refractivity contribution in [1.29, 1.82) is 0 Å². The molecule has 1 aromatic heterocycles. The van der Waals surface area contributed by atoms with Crippen molar-refractivity contribution in [1.82, 2.24) is 10.2 Å². The van der Waals surface area contributed by atoms with Gasteiger partial charge < -0.3 is 9.47 Å². The Morgan fingerprint density at radius 3 is 1.78 bits per heavy atom. The number of hydrogen-bond acceptors (Lipinski definition) is 6. The van der Waals surface area contributed by atoms with Crippen molar-refractivity contribution in [2.45, 2.75) is 52.7 Å². The van der Waals surface area contributed by atoms with Gasteiger partial charge in [-0.2, -0.15) is 4.90 Å². The molecule has 0 aliphatic heterocycles. The highest BCUT2D eigenvalue weighted by Gasteiger charge is 2.33. The minimum atomic E-state index is -0.882. The van der Waals surface area contributed by atoms with Crippen molar-refractivity contribution in [2.24, 2.45) is 0 Å². The van der Waals surface area contributed by atoms with Crippen LogP contribution in [0, 0.1) is 0 Å². The van der Waals surface area contributed by atoms with E-state index in [1.165, 1.54) is 12.1 Å². The summed E-state index contributed by atoms with van der Waals surface area (Å²) in [6.45, 7) is 13.8. The minimum Gasteiger partial charge on any atom is -0.443 e. The van der Waals surface area contributed by atoms with Crippen LogP contribution in [0.2, 0.25) is 0 Å². The van der Waals surface area contributed by atoms with Gasteiger partial charge in [-0.15, -0.1) is 10.2 Å². The van der Waals surface area contributed by atoms with Crippen LogP contribution in [0.25, 0.3) is 6.08 Å². The van der Waals surface area contributed by atoms with Crippen molar-refractivity contribution in [3.05, 3.63) is 24.4 Å². The number of amides is 2. The van der Waals surface area contributed by atoms with Gasteiger partial charge in [0.25, 0.3) is 0 Å². The van der Waals surface area contributed by atoms with Gasteiger partial charge in [0.05, 0.1) is 5.69 Å². The number of nitrogens with zero attached hydrogens (tertiary/aromatic N) is 3. The molecular weight excluding hydrogens is 298 g/mol. The zero-order valence-electron chi connectivity index (χ0n) is 14.4. The summed E-state index contributed by atoms with van der Waals surface area (Å²) in [5.74, 6) is 0.0131. The Hall–Kier alpha value is -2.44. The Bertz CT molecular complexity index is 555. The van der Waals surface area contributed by atoms with Crippen molar-refractivity contribution in [3.63, 3.8) is 0 Å². The van der Waals surface area contributed by atoms with Crippen molar-refractivity contribution in [3.8, 4) is 0 Å². The van der Waals surface area contributed by atoms with Crippen LogP contribution in [0.3, 0.4) is 0 Å². The second-order valence-corrected chi connectivity index (χ2v) is 6.82. The molecule has 2 amide bonds. The molecule has 7 nitrogen and oxygen atoms in total. The Kier molecular flexibility index (Phi) is 5.47. The average molecular weight is 321 g/mol. The molecular formula is C16H23N3O4. The third-order valence-corrected chi connectivity index (χ3v) is 2.26. The lowest BCUT2D eigenvalue weighted by molar-refractivity contribution is 0.0428. The summed E-state index contributed by atoms with van der Waals surface area (Å²) in [7, 11) is 0. The molecule has 0 bridgehead atoms. The first-order valence-electron chi connectivity index (χ1n) is 7.15. The summed E-state index contributed by atoms with van der Waals surface area (Å²) in [6.07, 6.45) is -0.262. The molecule has 1 aromatic rings. The van der Waals surface area contributed by atoms with Gasteiger partial charge in [0.1, 0.15) is 11.2 Å².